The van der Waals surface area contributed by atoms with Crippen molar-refractivity contribution in [2.45, 2.75) is 38.3 Å². The van der Waals surface area contributed by atoms with Crippen LogP contribution in [0.5, 0.6) is 5.75 Å². The standard InChI is InChI=1S/C15H24N2O2/c1-3-14-12(8-9-19-14)13(17-16)10-11-6-4-5-7-15(11)18-2/h4-7,12-14,17H,3,8-10,16H2,1-2H3. The fourth-order valence-electron chi connectivity index (χ4n) is 2.99. The van der Waals surface area contributed by atoms with Crippen molar-refractivity contribution >= 4 is 0 Å². The van der Waals surface area contributed by atoms with Gasteiger partial charge < -0.3 is 9.47 Å². The number of nitrogens with one attached hydrogen (secondary N) is 1. The zero-order valence-electron chi connectivity index (χ0n) is 11.8. The van der Waals surface area contributed by atoms with Crippen LogP contribution in [0.25, 0.3) is 0 Å². The van der Waals surface area contributed by atoms with E-state index in [9.17, 15) is 0 Å². The summed E-state index contributed by atoms with van der Waals surface area (Å²) in [6.45, 7) is 3.01. The number of para-hydroxylation sites is 1. The quantitative estimate of drug-likeness (QED) is 0.608. The average Bonchev–Trinajstić information content (AvgIpc) is 2.93. The van der Waals surface area contributed by atoms with E-state index in [-0.39, 0.29) is 6.04 Å². The Morgan fingerprint density at radius 3 is 2.95 bits per heavy atom. The second-order valence-electron chi connectivity index (χ2n) is 5.06. The topological polar surface area (TPSA) is 56.5 Å². The van der Waals surface area contributed by atoms with Crippen molar-refractivity contribution in [1.29, 1.82) is 0 Å². The van der Waals surface area contributed by atoms with Crippen molar-refractivity contribution in [1.82, 2.24) is 5.43 Å². The van der Waals surface area contributed by atoms with Gasteiger partial charge >= 0.3 is 0 Å². The molecule has 0 saturated carbocycles. The van der Waals surface area contributed by atoms with E-state index in [1.165, 1.54) is 5.56 Å². The van der Waals surface area contributed by atoms with Gasteiger partial charge in [0.05, 0.1) is 13.2 Å². The second kappa shape index (κ2) is 6.89. The summed E-state index contributed by atoms with van der Waals surface area (Å²) in [5.74, 6) is 7.16. The molecule has 4 heteroatoms. The van der Waals surface area contributed by atoms with Crippen LogP contribution in [0.1, 0.15) is 25.3 Å². The van der Waals surface area contributed by atoms with Crippen LogP contribution in [-0.2, 0) is 11.2 Å². The van der Waals surface area contributed by atoms with Gasteiger partial charge in [0.25, 0.3) is 0 Å². The first kappa shape index (κ1) is 14.3. The Kier molecular flexibility index (Phi) is 5.19. The van der Waals surface area contributed by atoms with Crippen molar-refractivity contribution in [3.63, 3.8) is 0 Å². The molecule has 1 aliphatic rings. The Balaban J connectivity index is 2.10. The van der Waals surface area contributed by atoms with E-state index < -0.39 is 0 Å². The smallest absolute Gasteiger partial charge is 0.122 e. The first-order valence-electron chi connectivity index (χ1n) is 6.99. The summed E-state index contributed by atoms with van der Waals surface area (Å²) in [7, 11) is 1.71. The molecule has 1 aliphatic heterocycles. The van der Waals surface area contributed by atoms with E-state index in [1.54, 1.807) is 7.11 Å². The van der Waals surface area contributed by atoms with E-state index in [1.807, 2.05) is 18.2 Å². The highest BCUT2D eigenvalue weighted by molar-refractivity contribution is 5.34. The van der Waals surface area contributed by atoms with Gasteiger partial charge in [-0.05, 0) is 30.9 Å². The van der Waals surface area contributed by atoms with Gasteiger partial charge in [-0.3, -0.25) is 11.3 Å². The molecule has 19 heavy (non-hydrogen) atoms. The van der Waals surface area contributed by atoms with E-state index in [0.717, 1.165) is 31.6 Å². The Labute approximate surface area is 115 Å². The lowest BCUT2D eigenvalue weighted by Crippen LogP contribution is -2.45. The minimum Gasteiger partial charge on any atom is -0.496 e. The SMILES string of the molecule is CCC1OCCC1C(Cc1ccccc1OC)NN. The van der Waals surface area contributed by atoms with Crippen LogP contribution in [0.15, 0.2) is 24.3 Å². The predicted octanol–water partition coefficient (Wildman–Crippen LogP) is 1.88. The van der Waals surface area contributed by atoms with Crippen LogP contribution in [0.4, 0.5) is 0 Å². The number of hydrogen-bond acceptors (Lipinski definition) is 4. The highest BCUT2D eigenvalue weighted by atomic mass is 16.5. The molecule has 0 bridgehead atoms. The first-order valence-corrected chi connectivity index (χ1v) is 6.99. The number of benzene rings is 1. The fraction of sp³-hybridized carbons (Fsp3) is 0.600. The van der Waals surface area contributed by atoms with E-state index >= 15 is 0 Å². The zero-order valence-corrected chi connectivity index (χ0v) is 11.8. The fourth-order valence-corrected chi connectivity index (χ4v) is 2.99. The van der Waals surface area contributed by atoms with Gasteiger partial charge in [-0.15, -0.1) is 0 Å². The molecule has 0 amide bonds. The van der Waals surface area contributed by atoms with Gasteiger partial charge in [-0.25, -0.2) is 0 Å². The average molecular weight is 264 g/mol. The predicted molar refractivity (Wildman–Crippen MR) is 75.9 cm³/mol. The molecule has 106 valence electrons. The minimum absolute atomic E-state index is 0.226. The molecule has 1 aromatic rings. The number of methoxy groups -OCH3 is 1. The summed E-state index contributed by atoms with van der Waals surface area (Å²) in [6.07, 6.45) is 3.29. The molecular weight excluding hydrogens is 240 g/mol. The molecule has 3 N–H and O–H groups in total. The summed E-state index contributed by atoms with van der Waals surface area (Å²) in [4.78, 5) is 0. The normalized spacial score (nSPS) is 24.4. The van der Waals surface area contributed by atoms with Crippen LogP contribution < -0.4 is 16.0 Å². The molecule has 1 saturated heterocycles. The lowest BCUT2D eigenvalue weighted by atomic mass is 9.87. The van der Waals surface area contributed by atoms with Crippen molar-refractivity contribution in [3.05, 3.63) is 29.8 Å². The molecule has 1 fully saturated rings. The molecule has 3 unspecified atom stereocenters. The minimum atomic E-state index is 0.226. The molecule has 2 rings (SSSR count). The molecule has 1 aromatic carbocycles. The lowest BCUT2D eigenvalue weighted by molar-refractivity contribution is 0.0774. The number of rotatable bonds is 6. The van der Waals surface area contributed by atoms with E-state index in [0.29, 0.717) is 12.0 Å². The molecule has 4 nitrogen and oxygen atoms in total. The third-order valence-corrected chi connectivity index (χ3v) is 4.03. The zero-order chi connectivity index (χ0) is 13.7. The van der Waals surface area contributed by atoms with Gasteiger partial charge in [-0.2, -0.15) is 0 Å². The largest absolute Gasteiger partial charge is 0.496 e. The van der Waals surface area contributed by atoms with Crippen LogP contribution in [0.3, 0.4) is 0 Å². The van der Waals surface area contributed by atoms with Crippen LogP contribution in [0, 0.1) is 5.92 Å². The maximum atomic E-state index is 5.76. The summed E-state index contributed by atoms with van der Waals surface area (Å²) in [5, 5.41) is 0. The Morgan fingerprint density at radius 1 is 1.47 bits per heavy atom. The molecule has 0 aliphatic carbocycles. The van der Waals surface area contributed by atoms with Crippen molar-refractivity contribution in [2.24, 2.45) is 11.8 Å². The highest BCUT2D eigenvalue weighted by Gasteiger charge is 2.33. The van der Waals surface area contributed by atoms with Gasteiger partial charge in [0.15, 0.2) is 0 Å². The molecule has 3 atom stereocenters. The van der Waals surface area contributed by atoms with Crippen LogP contribution in [0.2, 0.25) is 0 Å². The third kappa shape index (κ3) is 3.26. The maximum absolute atomic E-state index is 5.76. The monoisotopic (exact) mass is 264 g/mol. The first-order chi connectivity index (χ1) is 9.30. The van der Waals surface area contributed by atoms with Gasteiger partial charge in [0.2, 0.25) is 0 Å². The summed E-state index contributed by atoms with van der Waals surface area (Å²) < 4.78 is 11.2. The molecule has 0 radical (unpaired) electrons. The molecular formula is C15H24N2O2. The summed E-state index contributed by atoms with van der Waals surface area (Å²) in [6, 6.07) is 8.34. The van der Waals surface area contributed by atoms with Gasteiger partial charge in [0, 0.05) is 18.6 Å². The highest BCUT2D eigenvalue weighted by Crippen LogP contribution is 2.29. The number of ether oxygens (including phenoxy) is 2. The summed E-state index contributed by atoms with van der Waals surface area (Å²) >= 11 is 0. The Morgan fingerprint density at radius 2 is 2.26 bits per heavy atom. The summed E-state index contributed by atoms with van der Waals surface area (Å²) in [5.41, 5.74) is 4.16. The number of hydrazine groups is 1. The van der Waals surface area contributed by atoms with Crippen molar-refractivity contribution in [2.75, 3.05) is 13.7 Å². The van der Waals surface area contributed by atoms with Crippen LogP contribution in [-0.4, -0.2) is 25.9 Å². The van der Waals surface area contributed by atoms with Gasteiger partial charge in [-0.1, -0.05) is 25.1 Å². The van der Waals surface area contributed by atoms with Crippen molar-refractivity contribution in [3.8, 4) is 5.75 Å². The van der Waals surface area contributed by atoms with Crippen LogP contribution >= 0.6 is 0 Å². The van der Waals surface area contributed by atoms with E-state index in [2.05, 4.69) is 18.4 Å². The van der Waals surface area contributed by atoms with Gasteiger partial charge in [0.1, 0.15) is 5.75 Å². The number of nitrogens with two attached hydrogens (primary N) is 1. The Hall–Kier alpha value is -1.10. The third-order valence-electron chi connectivity index (χ3n) is 4.03. The molecule has 0 spiro atoms. The molecule has 1 heterocycles. The molecule has 0 aromatic heterocycles. The Bertz CT molecular complexity index is 397. The lowest BCUT2D eigenvalue weighted by Gasteiger charge is -2.27. The second-order valence-corrected chi connectivity index (χ2v) is 5.06. The number of hydrogen-bond donors (Lipinski definition) is 2. The van der Waals surface area contributed by atoms with E-state index in [4.69, 9.17) is 15.3 Å². The van der Waals surface area contributed by atoms with Crippen molar-refractivity contribution < 1.29 is 9.47 Å². The maximum Gasteiger partial charge on any atom is 0.122 e.